The zero-order chi connectivity index (χ0) is 21.6. The molecule has 1 N–H and O–H groups in total. The van der Waals surface area contributed by atoms with E-state index in [1.807, 2.05) is 25.1 Å². The largest absolute Gasteiger partial charge is 0.379 e. The molecule has 0 aliphatic heterocycles. The second-order valence-corrected chi connectivity index (χ2v) is 7.91. The summed E-state index contributed by atoms with van der Waals surface area (Å²) in [7, 11) is -3.99. The summed E-state index contributed by atoms with van der Waals surface area (Å²) < 4.78 is 29.9. The van der Waals surface area contributed by atoms with Crippen molar-refractivity contribution in [1.82, 2.24) is 0 Å². The van der Waals surface area contributed by atoms with E-state index in [1.54, 1.807) is 42.5 Å². The third kappa shape index (κ3) is 5.13. The Morgan fingerprint density at radius 3 is 2.40 bits per heavy atom. The molecule has 0 aliphatic rings. The Kier molecular flexibility index (Phi) is 6.30. The lowest BCUT2D eigenvalue weighted by atomic mass is 10.1. The van der Waals surface area contributed by atoms with E-state index in [4.69, 9.17) is 4.18 Å². The molecule has 0 bridgehead atoms. The van der Waals surface area contributed by atoms with E-state index in [9.17, 15) is 18.5 Å². The van der Waals surface area contributed by atoms with Crippen LogP contribution in [0.15, 0.2) is 89.3 Å². The molecule has 0 saturated heterocycles. The highest BCUT2D eigenvalue weighted by Gasteiger charge is 2.16. The molecule has 0 aromatic heterocycles. The van der Waals surface area contributed by atoms with Crippen molar-refractivity contribution in [3.05, 3.63) is 95.6 Å². The van der Waals surface area contributed by atoms with Gasteiger partial charge in [-0.1, -0.05) is 48.5 Å². The minimum absolute atomic E-state index is 0.0290. The first kappa shape index (κ1) is 20.8. The van der Waals surface area contributed by atoms with Gasteiger partial charge in [-0.05, 0) is 54.5 Å². The van der Waals surface area contributed by atoms with Crippen LogP contribution in [0.2, 0.25) is 0 Å². The standard InChI is InChI=1S/C23H18N2O4S/c1-17-8-5-6-13-22(17)25-23(26)19(16-24)14-18-9-7-10-20(15-18)29-30(27,28)21-11-3-2-4-12-21/h2-15H,1H3,(H,25,26)/b19-14-. The Hall–Kier alpha value is -3.89. The summed E-state index contributed by atoms with van der Waals surface area (Å²) in [6.45, 7) is 1.85. The molecule has 0 unspecified atom stereocenters. The van der Waals surface area contributed by atoms with Gasteiger partial charge in [0.2, 0.25) is 0 Å². The molecule has 3 rings (SSSR count). The minimum atomic E-state index is -3.99. The number of nitrogens with zero attached hydrogens (tertiary/aromatic N) is 1. The van der Waals surface area contributed by atoms with E-state index >= 15 is 0 Å². The van der Waals surface area contributed by atoms with E-state index in [-0.39, 0.29) is 16.2 Å². The molecule has 0 saturated carbocycles. The van der Waals surface area contributed by atoms with Crippen LogP contribution in [0.1, 0.15) is 11.1 Å². The number of anilines is 1. The molecule has 6 nitrogen and oxygen atoms in total. The molecular formula is C23H18N2O4S. The van der Waals surface area contributed by atoms with Crippen molar-refractivity contribution in [1.29, 1.82) is 5.26 Å². The zero-order valence-electron chi connectivity index (χ0n) is 16.1. The second kappa shape index (κ2) is 9.07. The van der Waals surface area contributed by atoms with E-state index in [0.717, 1.165) is 5.56 Å². The average Bonchev–Trinajstić information content (AvgIpc) is 2.74. The number of hydrogen-bond acceptors (Lipinski definition) is 5. The van der Waals surface area contributed by atoms with E-state index in [1.165, 1.54) is 30.3 Å². The highest BCUT2D eigenvalue weighted by molar-refractivity contribution is 7.87. The van der Waals surface area contributed by atoms with Gasteiger partial charge in [0.25, 0.3) is 5.91 Å². The lowest BCUT2D eigenvalue weighted by Crippen LogP contribution is -2.14. The third-order valence-electron chi connectivity index (χ3n) is 4.17. The number of para-hydroxylation sites is 1. The molecule has 150 valence electrons. The number of aryl methyl sites for hydroxylation is 1. The van der Waals surface area contributed by atoms with Crippen molar-refractivity contribution >= 4 is 27.8 Å². The first-order valence-corrected chi connectivity index (χ1v) is 10.4. The molecule has 30 heavy (non-hydrogen) atoms. The van der Waals surface area contributed by atoms with Crippen LogP contribution in [0, 0.1) is 18.3 Å². The molecule has 0 aliphatic carbocycles. The Balaban J connectivity index is 1.82. The quantitative estimate of drug-likeness (QED) is 0.366. The monoisotopic (exact) mass is 418 g/mol. The molecule has 0 spiro atoms. The van der Waals surface area contributed by atoms with Crippen LogP contribution in [-0.4, -0.2) is 14.3 Å². The molecule has 0 fully saturated rings. The third-order valence-corrected chi connectivity index (χ3v) is 5.43. The Morgan fingerprint density at radius 1 is 1.00 bits per heavy atom. The van der Waals surface area contributed by atoms with Gasteiger partial charge in [-0.2, -0.15) is 13.7 Å². The van der Waals surface area contributed by atoms with Gasteiger partial charge < -0.3 is 9.50 Å². The van der Waals surface area contributed by atoms with Gasteiger partial charge in [-0.15, -0.1) is 0 Å². The summed E-state index contributed by atoms with van der Waals surface area (Å²) in [6, 6.07) is 23.0. The predicted molar refractivity (Wildman–Crippen MR) is 114 cm³/mol. The molecule has 3 aromatic carbocycles. The number of amides is 1. The summed E-state index contributed by atoms with van der Waals surface area (Å²) in [5.41, 5.74) is 1.80. The molecule has 0 heterocycles. The highest BCUT2D eigenvalue weighted by atomic mass is 32.2. The van der Waals surface area contributed by atoms with Crippen molar-refractivity contribution in [2.45, 2.75) is 11.8 Å². The molecule has 7 heteroatoms. The van der Waals surface area contributed by atoms with Crippen LogP contribution in [0.5, 0.6) is 5.75 Å². The van der Waals surface area contributed by atoms with Gasteiger partial charge in [-0.25, -0.2) is 0 Å². The maximum absolute atomic E-state index is 12.5. The number of carbonyl (C=O) groups is 1. The van der Waals surface area contributed by atoms with Gasteiger partial charge in [-0.3, -0.25) is 4.79 Å². The van der Waals surface area contributed by atoms with Crippen LogP contribution in [0.25, 0.3) is 6.08 Å². The number of carbonyl (C=O) groups excluding carboxylic acids is 1. The SMILES string of the molecule is Cc1ccccc1NC(=O)/C(C#N)=C\c1cccc(OS(=O)(=O)c2ccccc2)c1. The topological polar surface area (TPSA) is 96.3 Å². The smallest absolute Gasteiger partial charge is 0.339 e. The van der Waals surface area contributed by atoms with E-state index < -0.39 is 16.0 Å². The summed E-state index contributed by atoms with van der Waals surface area (Å²) in [5, 5.41) is 12.1. The van der Waals surface area contributed by atoms with Crippen molar-refractivity contribution < 1.29 is 17.4 Å². The van der Waals surface area contributed by atoms with Crippen molar-refractivity contribution in [2.75, 3.05) is 5.32 Å². The summed E-state index contributed by atoms with van der Waals surface area (Å²) in [4.78, 5) is 12.5. The maximum atomic E-state index is 12.5. The summed E-state index contributed by atoms with van der Waals surface area (Å²) in [6.07, 6.45) is 1.37. The van der Waals surface area contributed by atoms with Gasteiger partial charge in [0.05, 0.1) is 0 Å². The van der Waals surface area contributed by atoms with E-state index in [2.05, 4.69) is 5.32 Å². The Morgan fingerprint density at radius 2 is 1.70 bits per heavy atom. The molecule has 1 amide bonds. The Bertz CT molecular complexity index is 1240. The highest BCUT2D eigenvalue weighted by Crippen LogP contribution is 2.21. The van der Waals surface area contributed by atoms with Crippen molar-refractivity contribution in [3.63, 3.8) is 0 Å². The second-order valence-electron chi connectivity index (χ2n) is 6.36. The number of nitrogens with one attached hydrogen (secondary N) is 1. The number of benzene rings is 3. The number of rotatable bonds is 6. The van der Waals surface area contributed by atoms with Gasteiger partial charge in [0, 0.05) is 5.69 Å². The lowest BCUT2D eigenvalue weighted by molar-refractivity contribution is -0.112. The summed E-state index contributed by atoms with van der Waals surface area (Å²) in [5.74, 6) is -0.487. The number of hydrogen-bond donors (Lipinski definition) is 1. The minimum Gasteiger partial charge on any atom is -0.379 e. The fourth-order valence-corrected chi connectivity index (χ4v) is 3.58. The lowest BCUT2D eigenvalue weighted by Gasteiger charge is -2.08. The Labute approximate surface area is 175 Å². The predicted octanol–water partition coefficient (Wildman–Crippen LogP) is 4.31. The maximum Gasteiger partial charge on any atom is 0.339 e. The van der Waals surface area contributed by atoms with Gasteiger partial charge >= 0.3 is 10.1 Å². The van der Waals surface area contributed by atoms with Crippen LogP contribution in [0.4, 0.5) is 5.69 Å². The molecular weight excluding hydrogens is 400 g/mol. The van der Waals surface area contributed by atoms with E-state index in [0.29, 0.717) is 11.3 Å². The fourth-order valence-electron chi connectivity index (χ4n) is 2.64. The molecule has 0 radical (unpaired) electrons. The first-order valence-electron chi connectivity index (χ1n) is 8.97. The van der Waals surface area contributed by atoms with Crippen molar-refractivity contribution in [2.24, 2.45) is 0 Å². The van der Waals surface area contributed by atoms with Crippen LogP contribution in [-0.2, 0) is 14.9 Å². The van der Waals surface area contributed by atoms with Crippen molar-refractivity contribution in [3.8, 4) is 11.8 Å². The average molecular weight is 418 g/mol. The zero-order valence-corrected chi connectivity index (χ0v) is 16.9. The summed E-state index contributed by atoms with van der Waals surface area (Å²) >= 11 is 0. The van der Waals surface area contributed by atoms with Crippen LogP contribution in [0.3, 0.4) is 0 Å². The fraction of sp³-hybridized carbons (Fsp3) is 0.0435. The van der Waals surface area contributed by atoms with Gasteiger partial charge in [0.15, 0.2) is 0 Å². The van der Waals surface area contributed by atoms with Crippen LogP contribution < -0.4 is 9.50 Å². The molecule has 0 atom stereocenters. The van der Waals surface area contributed by atoms with Gasteiger partial charge in [0.1, 0.15) is 22.3 Å². The normalized spacial score (nSPS) is 11.4. The van der Waals surface area contributed by atoms with Crippen LogP contribution >= 0.6 is 0 Å². The first-order chi connectivity index (χ1) is 14.4. The number of nitriles is 1. The molecule has 3 aromatic rings.